The molecule has 10 heteroatoms. The van der Waals surface area contributed by atoms with Crippen LogP contribution in [0.15, 0.2) is 59.4 Å². The second-order valence-electron chi connectivity index (χ2n) is 6.12. The van der Waals surface area contributed by atoms with Crippen molar-refractivity contribution in [3.8, 4) is 17.3 Å². The fraction of sp³-hybridized carbons (Fsp3) is 0.100. The van der Waals surface area contributed by atoms with Crippen molar-refractivity contribution in [1.82, 2.24) is 9.78 Å². The summed E-state index contributed by atoms with van der Waals surface area (Å²) in [6.07, 6.45) is -4.93. The van der Waals surface area contributed by atoms with Gasteiger partial charge >= 0.3 is 6.18 Å². The standard InChI is InChI=1S/C20H12ClF3N4O2/c21-14-7-6-13(10-25)16(8-14)26-18(29)11-28-19(30)15(20(22,23)24)9-17(27-28)12-4-2-1-3-5-12/h1-9H,11H2,(H,26,29). The molecule has 1 aromatic heterocycles. The van der Waals surface area contributed by atoms with E-state index in [2.05, 4.69) is 10.4 Å². The molecule has 1 heterocycles. The largest absolute Gasteiger partial charge is 0.421 e. The highest BCUT2D eigenvalue weighted by Crippen LogP contribution is 2.29. The van der Waals surface area contributed by atoms with Gasteiger partial charge in [0.05, 0.1) is 16.9 Å². The third-order valence-corrected chi connectivity index (χ3v) is 4.25. The van der Waals surface area contributed by atoms with Gasteiger partial charge in [-0.2, -0.15) is 23.5 Å². The lowest BCUT2D eigenvalue weighted by Crippen LogP contribution is -2.34. The van der Waals surface area contributed by atoms with E-state index in [1.165, 1.54) is 30.3 Å². The molecule has 0 atom stereocenters. The Morgan fingerprint density at radius 1 is 1.17 bits per heavy atom. The minimum atomic E-state index is -4.93. The number of hydrogen-bond donors (Lipinski definition) is 1. The van der Waals surface area contributed by atoms with Gasteiger partial charge in [-0.1, -0.05) is 41.9 Å². The van der Waals surface area contributed by atoms with Crippen molar-refractivity contribution < 1.29 is 18.0 Å². The molecule has 0 spiro atoms. The molecule has 0 aliphatic carbocycles. The predicted octanol–water partition coefficient (Wildman–Crippen LogP) is 4.09. The number of nitrogens with zero attached hydrogens (tertiary/aromatic N) is 3. The van der Waals surface area contributed by atoms with Crippen LogP contribution < -0.4 is 10.9 Å². The Kier molecular flexibility index (Phi) is 5.89. The van der Waals surface area contributed by atoms with Crippen LogP contribution in [0.4, 0.5) is 18.9 Å². The number of hydrogen-bond acceptors (Lipinski definition) is 4. The van der Waals surface area contributed by atoms with E-state index in [0.717, 1.165) is 0 Å². The zero-order chi connectivity index (χ0) is 21.9. The number of benzene rings is 2. The Balaban J connectivity index is 1.99. The van der Waals surface area contributed by atoms with Gasteiger partial charge in [0.2, 0.25) is 5.91 Å². The number of anilines is 1. The van der Waals surface area contributed by atoms with Crippen LogP contribution in [0.1, 0.15) is 11.1 Å². The van der Waals surface area contributed by atoms with Crippen LogP contribution >= 0.6 is 11.6 Å². The van der Waals surface area contributed by atoms with E-state index in [1.54, 1.807) is 18.2 Å². The van der Waals surface area contributed by atoms with Crippen LogP contribution in [0.25, 0.3) is 11.3 Å². The molecule has 0 aliphatic rings. The van der Waals surface area contributed by atoms with Crippen LogP contribution in [0.5, 0.6) is 0 Å². The lowest BCUT2D eigenvalue weighted by molar-refractivity contribution is -0.139. The second-order valence-corrected chi connectivity index (χ2v) is 6.56. The Labute approximate surface area is 173 Å². The van der Waals surface area contributed by atoms with Gasteiger partial charge in [-0.25, -0.2) is 4.68 Å². The van der Waals surface area contributed by atoms with E-state index in [4.69, 9.17) is 16.9 Å². The maximum absolute atomic E-state index is 13.4. The predicted molar refractivity (Wildman–Crippen MR) is 104 cm³/mol. The Morgan fingerprint density at radius 3 is 2.50 bits per heavy atom. The smallest absolute Gasteiger partial charge is 0.323 e. The van der Waals surface area contributed by atoms with Gasteiger partial charge < -0.3 is 5.32 Å². The molecule has 0 unspecified atom stereocenters. The number of nitriles is 1. The maximum atomic E-state index is 13.4. The molecule has 0 saturated carbocycles. The lowest BCUT2D eigenvalue weighted by Gasteiger charge is -2.13. The number of carbonyl (C=O) groups excluding carboxylic acids is 1. The first-order valence-electron chi connectivity index (χ1n) is 8.43. The van der Waals surface area contributed by atoms with Crippen LogP contribution in [0.2, 0.25) is 5.02 Å². The van der Waals surface area contributed by atoms with Crippen molar-refractivity contribution in [3.63, 3.8) is 0 Å². The highest BCUT2D eigenvalue weighted by molar-refractivity contribution is 6.31. The first kappa shape index (κ1) is 21.1. The fourth-order valence-corrected chi connectivity index (χ4v) is 2.82. The first-order chi connectivity index (χ1) is 14.2. The van der Waals surface area contributed by atoms with Crippen LogP contribution in [-0.4, -0.2) is 15.7 Å². The van der Waals surface area contributed by atoms with Gasteiger partial charge in [0.15, 0.2) is 0 Å². The first-order valence-corrected chi connectivity index (χ1v) is 8.81. The van der Waals surface area contributed by atoms with E-state index >= 15 is 0 Å². The molecule has 0 bridgehead atoms. The van der Waals surface area contributed by atoms with Crippen LogP contribution in [0, 0.1) is 11.3 Å². The summed E-state index contributed by atoms with van der Waals surface area (Å²) in [5.74, 6) is -0.846. The number of carbonyl (C=O) groups is 1. The third-order valence-electron chi connectivity index (χ3n) is 4.02. The van der Waals surface area contributed by atoms with E-state index in [-0.39, 0.29) is 22.0 Å². The molecule has 1 N–H and O–H groups in total. The number of amides is 1. The molecule has 2 aromatic carbocycles. The summed E-state index contributed by atoms with van der Waals surface area (Å²) in [5, 5.41) is 15.6. The van der Waals surface area contributed by atoms with E-state index in [1.807, 2.05) is 6.07 Å². The van der Waals surface area contributed by atoms with Crippen LogP contribution in [0.3, 0.4) is 0 Å². The topological polar surface area (TPSA) is 87.8 Å². The zero-order valence-corrected chi connectivity index (χ0v) is 15.8. The summed E-state index contributed by atoms with van der Waals surface area (Å²) in [6, 6.07) is 14.6. The minimum absolute atomic E-state index is 0.0679. The highest BCUT2D eigenvalue weighted by atomic mass is 35.5. The summed E-state index contributed by atoms with van der Waals surface area (Å²) in [6.45, 7) is -0.792. The molecule has 0 saturated heterocycles. The Morgan fingerprint density at radius 2 is 1.87 bits per heavy atom. The number of nitrogens with one attached hydrogen (secondary N) is 1. The molecule has 0 aliphatic heterocycles. The molecule has 3 rings (SSSR count). The summed E-state index contributed by atoms with van der Waals surface area (Å²) in [5.41, 5.74) is -2.50. The molecule has 6 nitrogen and oxygen atoms in total. The van der Waals surface area contributed by atoms with E-state index < -0.39 is 29.8 Å². The zero-order valence-electron chi connectivity index (χ0n) is 15.1. The van der Waals surface area contributed by atoms with E-state index in [0.29, 0.717) is 16.3 Å². The molecular formula is C20H12ClF3N4O2. The maximum Gasteiger partial charge on any atom is 0.421 e. The average Bonchev–Trinajstić information content (AvgIpc) is 2.69. The van der Waals surface area contributed by atoms with Crippen molar-refractivity contribution in [2.75, 3.05) is 5.32 Å². The SMILES string of the molecule is N#Cc1ccc(Cl)cc1NC(=O)Cn1nc(-c2ccccc2)cc(C(F)(F)F)c1=O. The van der Waals surface area contributed by atoms with Crippen molar-refractivity contribution in [2.45, 2.75) is 12.7 Å². The van der Waals surface area contributed by atoms with Gasteiger partial charge in [-0.3, -0.25) is 9.59 Å². The quantitative estimate of drug-likeness (QED) is 0.672. The third kappa shape index (κ3) is 4.67. The molecule has 3 aromatic rings. The molecular weight excluding hydrogens is 421 g/mol. The van der Waals surface area contributed by atoms with Gasteiger partial charge in [0, 0.05) is 10.6 Å². The Hall–Kier alpha value is -3.64. The second kappa shape index (κ2) is 8.39. The monoisotopic (exact) mass is 432 g/mol. The normalized spacial score (nSPS) is 11.0. The molecule has 152 valence electrons. The van der Waals surface area contributed by atoms with Crippen molar-refractivity contribution >= 4 is 23.2 Å². The molecule has 0 radical (unpaired) electrons. The summed E-state index contributed by atoms with van der Waals surface area (Å²) in [7, 11) is 0. The molecule has 1 amide bonds. The fourth-order valence-electron chi connectivity index (χ4n) is 2.65. The lowest BCUT2D eigenvalue weighted by atomic mass is 10.1. The van der Waals surface area contributed by atoms with Gasteiger partial charge in [0.25, 0.3) is 5.56 Å². The van der Waals surface area contributed by atoms with Crippen LogP contribution in [-0.2, 0) is 17.5 Å². The number of rotatable bonds is 4. The van der Waals surface area contributed by atoms with Gasteiger partial charge in [-0.15, -0.1) is 0 Å². The summed E-state index contributed by atoms with van der Waals surface area (Å²) < 4.78 is 40.5. The molecule has 30 heavy (non-hydrogen) atoms. The molecule has 0 fully saturated rings. The summed E-state index contributed by atoms with van der Waals surface area (Å²) in [4.78, 5) is 24.7. The van der Waals surface area contributed by atoms with Gasteiger partial charge in [-0.05, 0) is 24.3 Å². The number of alkyl halides is 3. The highest BCUT2D eigenvalue weighted by Gasteiger charge is 2.35. The van der Waals surface area contributed by atoms with E-state index in [9.17, 15) is 22.8 Å². The van der Waals surface area contributed by atoms with Crippen molar-refractivity contribution in [1.29, 1.82) is 5.26 Å². The van der Waals surface area contributed by atoms with Crippen molar-refractivity contribution in [2.24, 2.45) is 0 Å². The van der Waals surface area contributed by atoms with Gasteiger partial charge in [0.1, 0.15) is 18.2 Å². The Bertz CT molecular complexity index is 1200. The minimum Gasteiger partial charge on any atom is -0.323 e. The number of aromatic nitrogens is 2. The average molecular weight is 433 g/mol. The summed E-state index contributed by atoms with van der Waals surface area (Å²) >= 11 is 5.85. The van der Waals surface area contributed by atoms with Crippen molar-refractivity contribution in [3.05, 3.63) is 81.1 Å². The number of halogens is 4.